The topological polar surface area (TPSA) is 48.3 Å². The lowest BCUT2D eigenvalue weighted by molar-refractivity contribution is 0.185. The van der Waals surface area contributed by atoms with Crippen LogP contribution in [0.5, 0.6) is 0 Å². The summed E-state index contributed by atoms with van der Waals surface area (Å²) in [5.41, 5.74) is 2.97. The highest BCUT2D eigenvalue weighted by molar-refractivity contribution is 5.57. The fourth-order valence-corrected chi connectivity index (χ4v) is 2.14. The first-order chi connectivity index (χ1) is 8.35. The van der Waals surface area contributed by atoms with Crippen molar-refractivity contribution < 1.29 is 4.74 Å². The lowest BCUT2D eigenvalue weighted by atomic mass is 10.1. The van der Waals surface area contributed by atoms with Gasteiger partial charge < -0.3 is 15.0 Å². The van der Waals surface area contributed by atoms with E-state index in [1.54, 1.807) is 7.11 Å². The second-order valence-corrected chi connectivity index (χ2v) is 4.13. The molecule has 90 valence electrons. The molecule has 1 saturated heterocycles. The maximum Gasteiger partial charge on any atom is 0.0991 e. The van der Waals surface area contributed by atoms with E-state index in [1.165, 1.54) is 5.69 Å². The van der Waals surface area contributed by atoms with Gasteiger partial charge in [0.15, 0.2) is 0 Å². The van der Waals surface area contributed by atoms with Crippen molar-refractivity contribution in [3.05, 3.63) is 29.3 Å². The van der Waals surface area contributed by atoms with Gasteiger partial charge in [0.05, 0.1) is 18.2 Å². The molecular weight excluding hydrogens is 214 g/mol. The van der Waals surface area contributed by atoms with Gasteiger partial charge in [0.25, 0.3) is 0 Å². The highest BCUT2D eigenvalue weighted by Crippen LogP contribution is 2.23. The largest absolute Gasteiger partial charge is 0.380 e. The van der Waals surface area contributed by atoms with E-state index >= 15 is 0 Å². The molecule has 17 heavy (non-hydrogen) atoms. The van der Waals surface area contributed by atoms with Gasteiger partial charge in [-0.1, -0.05) is 0 Å². The van der Waals surface area contributed by atoms with Gasteiger partial charge in [-0.3, -0.25) is 0 Å². The van der Waals surface area contributed by atoms with E-state index in [1.807, 2.05) is 18.2 Å². The van der Waals surface area contributed by atoms with Gasteiger partial charge in [-0.05, 0) is 18.2 Å². The Morgan fingerprint density at radius 3 is 2.82 bits per heavy atom. The third-order valence-corrected chi connectivity index (χ3v) is 2.97. The molecule has 0 saturated carbocycles. The summed E-state index contributed by atoms with van der Waals surface area (Å²) in [5.74, 6) is 0. The summed E-state index contributed by atoms with van der Waals surface area (Å²) in [6, 6.07) is 7.98. The van der Waals surface area contributed by atoms with E-state index in [0.717, 1.165) is 31.7 Å². The van der Waals surface area contributed by atoms with Crippen LogP contribution < -0.4 is 10.2 Å². The minimum absolute atomic E-state index is 0.550. The van der Waals surface area contributed by atoms with Crippen LogP contribution in [0.4, 0.5) is 5.69 Å². The van der Waals surface area contributed by atoms with Crippen molar-refractivity contribution in [3.63, 3.8) is 0 Å². The van der Waals surface area contributed by atoms with Gasteiger partial charge in [-0.2, -0.15) is 5.26 Å². The molecule has 1 aromatic carbocycles. The van der Waals surface area contributed by atoms with Gasteiger partial charge in [-0.25, -0.2) is 0 Å². The summed E-state index contributed by atoms with van der Waals surface area (Å²) in [6.07, 6.45) is 0. The van der Waals surface area contributed by atoms with Gasteiger partial charge in [0, 0.05) is 44.5 Å². The van der Waals surface area contributed by atoms with Crippen LogP contribution >= 0.6 is 0 Å². The second-order valence-electron chi connectivity index (χ2n) is 4.13. The molecule has 1 aromatic rings. The van der Waals surface area contributed by atoms with Crippen molar-refractivity contribution in [2.24, 2.45) is 0 Å². The molecule has 0 atom stereocenters. The molecule has 1 aliphatic heterocycles. The molecule has 0 bridgehead atoms. The van der Waals surface area contributed by atoms with E-state index in [2.05, 4.69) is 16.3 Å². The molecule has 0 aliphatic carbocycles. The number of methoxy groups -OCH3 is 1. The summed E-state index contributed by atoms with van der Waals surface area (Å²) in [4.78, 5) is 2.34. The number of nitriles is 1. The first-order valence-electron chi connectivity index (χ1n) is 5.83. The van der Waals surface area contributed by atoms with Crippen molar-refractivity contribution in [3.8, 4) is 6.07 Å². The number of nitrogens with one attached hydrogen (secondary N) is 1. The van der Waals surface area contributed by atoms with Crippen LogP contribution in [0, 0.1) is 11.3 Å². The molecule has 0 radical (unpaired) electrons. The molecule has 1 aliphatic rings. The Morgan fingerprint density at radius 2 is 2.18 bits per heavy atom. The quantitative estimate of drug-likeness (QED) is 0.846. The number of ether oxygens (including phenoxy) is 1. The maximum atomic E-state index is 8.92. The molecule has 0 aromatic heterocycles. The zero-order valence-corrected chi connectivity index (χ0v) is 10.1. The lowest BCUT2D eigenvalue weighted by Crippen LogP contribution is -2.43. The van der Waals surface area contributed by atoms with Crippen LogP contribution in [0.15, 0.2) is 18.2 Å². The Balaban J connectivity index is 2.28. The Morgan fingerprint density at radius 1 is 1.41 bits per heavy atom. The monoisotopic (exact) mass is 231 g/mol. The van der Waals surface area contributed by atoms with E-state index in [-0.39, 0.29) is 0 Å². The van der Waals surface area contributed by atoms with E-state index in [9.17, 15) is 0 Å². The summed E-state index contributed by atoms with van der Waals surface area (Å²) < 4.78 is 5.21. The molecule has 0 spiro atoms. The van der Waals surface area contributed by atoms with Gasteiger partial charge in [0.2, 0.25) is 0 Å². The van der Waals surface area contributed by atoms with Gasteiger partial charge >= 0.3 is 0 Å². The predicted octanol–water partition coefficient (Wildman–Crippen LogP) is 1.11. The van der Waals surface area contributed by atoms with Crippen LogP contribution in [0.2, 0.25) is 0 Å². The van der Waals surface area contributed by atoms with E-state index < -0.39 is 0 Å². The van der Waals surface area contributed by atoms with Crippen molar-refractivity contribution >= 4 is 5.69 Å². The SMILES string of the molecule is COCc1cc(C#N)ccc1N1CCNCC1. The zero-order chi connectivity index (χ0) is 12.1. The van der Waals surface area contributed by atoms with Crippen LogP contribution in [0.25, 0.3) is 0 Å². The molecule has 1 N–H and O–H groups in total. The first-order valence-corrected chi connectivity index (χ1v) is 5.83. The van der Waals surface area contributed by atoms with Gasteiger partial charge in [0.1, 0.15) is 0 Å². The fourth-order valence-electron chi connectivity index (χ4n) is 2.14. The standard InChI is InChI=1S/C13H17N3O/c1-17-10-12-8-11(9-14)2-3-13(12)16-6-4-15-5-7-16/h2-3,8,15H,4-7,10H2,1H3. The molecular formula is C13H17N3O. The minimum atomic E-state index is 0.550. The summed E-state index contributed by atoms with van der Waals surface area (Å²) >= 11 is 0. The fraction of sp³-hybridized carbons (Fsp3) is 0.462. The number of anilines is 1. The number of nitrogens with zero attached hydrogens (tertiary/aromatic N) is 2. The number of rotatable bonds is 3. The van der Waals surface area contributed by atoms with Crippen molar-refractivity contribution in [2.45, 2.75) is 6.61 Å². The molecule has 0 unspecified atom stereocenters. The normalized spacial score (nSPS) is 15.6. The van der Waals surface area contributed by atoms with Crippen LogP contribution in [0.1, 0.15) is 11.1 Å². The second kappa shape index (κ2) is 5.67. The molecule has 2 rings (SSSR count). The van der Waals surface area contributed by atoms with Crippen LogP contribution in [-0.4, -0.2) is 33.3 Å². The summed E-state index contributed by atoms with van der Waals surface area (Å²) in [5, 5.41) is 12.3. The summed E-state index contributed by atoms with van der Waals surface area (Å²) in [7, 11) is 1.68. The molecule has 1 fully saturated rings. The first kappa shape index (κ1) is 11.9. The third kappa shape index (κ3) is 2.76. The molecule has 4 nitrogen and oxygen atoms in total. The van der Waals surface area contributed by atoms with Crippen LogP contribution in [0.3, 0.4) is 0 Å². The number of piperazine rings is 1. The molecule has 1 heterocycles. The smallest absolute Gasteiger partial charge is 0.0991 e. The molecule has 4 heteroatoms. The predicted molar refractivity (Wildman–Crippen MR) is 67.0 cm³/mol. The van der Waals surface area contributed by atoms with Gasteiger partial charge in [-0.15, -0.1) is 0 Å². The Labute approximate surface area is 102 Å². The number of hydrogen-bond acceptors (Lipinski definition) is 4. The zero-order valence-electron chi connectivity index (χ0n) is 10.1. The average molecular weight is 231 g/mol. The van der Waals surface area contributed by atoms with Crippen molar-refractivity contribution in [1.29, 1.82) is 5.26 Å². The van der Waals surface area contributed by atoms with E-state index in [4.69, 9.17) is 10.00 Å². The van der Waals surface area contributed by atoms with Crippen molar-refractivity contribution in [1.82, 2.24) is 5.32 Å². The Hall–Kier alpha value is -1.57. The highest BCUT2D eigenvalue weighted by atomic mass is 16.5. The number of benzene rings is 1. The summed E-state index contributed by atoms with van der Waals surface area (Å²) in [6.45, 7) is 4.57. The lowest BCUT2D eigenvalue weighted by Gasteiger charge is -2.31. The van der Waals surface area contributed by atoms with Crippen LogP contribution in [-0.2, 0) is 11.3 Å². The molecule has 0 amide bonds. The Kier molecular flexibility index (Phi) is 3.97. The minimum Gasteiger partial charge on any atom is -0.380 e. The maximum absolute atomic E-state index is 8.92. The highest BCUT2D eigenvalue weighted by Gasteiger charge is 2.14. The number of hydrogen-bond donors (Lipinski definition) is 1. The third-order valence-electron chi connectivity index (χ3n) is 2.97. The average Bonchev–Trinajstić information content (AvgIpc) is 2.40. The Bertz CT molecular complexity index is 419. The van der Waals surface area contributed by atoms with Crippen molar-refractivity contribution in [2.75, 3.05) is 38.2 Å². The van der Waals surface area contributed by atoms with E-state index in [0.29, 0.717) is 12.2 Å².